The van der Waals surface area contributed by atoms with Gasteiger partial charge >= 0.3 is 0 Å². The Balaban J connectivity index is 1.59. The van der Waals surface area contributed by atoms with E-state index in [1.54, 1.807) is 12.4 Å². The molecule has 0 bridgehead atoms. The van der Waals surface area contributed by atoms with E-state index in [-0.39, 0.29) is 17.4 Å². The Morgan fingerprint density at radius 3 is 2.69 bits per heavy atom. The monoisotopic (exact) mass is 386 g/mol. The second kappa shape index (κ2) is 7.74. The third-order valence-electron chi connectivity index (χ3n) is 5.56. The van der Waals surface area contributed by atoms with Gasteiger partial charge in [-0.2, -0.15) is 0 Å². The van der Waals surface area contributed by atoms with Crippen LogP contribution in [-0.4, -0.2) is 20.9 Å². The molecule has 3 aromatic rings. The summed E-state index contributed by atoms with van der Waals surface area (Å²) in [7, 11) is 0. The first-order chi connectivity index (χ1) is 13.9. The van der Waals surface area contributed by atoms with Crippen molar-refractivity contribution in [2.24, 2.45) is 5.41 Å². The molecule has 5 heteroatoms. The van der Waals surface area contributed by atoms with Gasteiger partial charge in [0.2, 0.25) is 5.91 Å². The molecule has 2 heterocycles. The number of carbonyl (C=O) groups is 1. The third-order valence-corrected chi connectivity index (χ3v) is 5.56. The van der Waals surface area contributed by atoms with Gasteiger partial charge in [-0.3, -0.25) is 9.78 Å². The maximum atomic E-state index is 12.8. The summed E-state index contributed by atoms with van der Waals surface area (Å²) >= 11 is 0. The highest BCUT2D eigenvalue weighted by molar-refractivity contribution is 5.79. The van der Waals surface area contributed by atoms with Crippen molar-refractivity contribution in [3.63, 3.8) is 0 Å². The normalized spacial score (nSPS) is 17.4. The van der Waals surface area contributed by atoms with Crippen LogP contribution in [0, 0.1) is 12.3 Å². The number of hydrogen-bond donors (Lipinski definition) is 1. The highest BCUT2D eigenvalue weighted by Crippen LogP contribution is 2.40. The summed E-state index contributed by atoms with van der Waals surface area (Å²) in [6, 6.07) is 11.8. The third kappa shape index (κ3) is 4.34. The number of nitrogens with one attached hydrogen (secondary N) is 1. The van der Waals surface area contributed by atoms with Crippen LogP contribution < -0.4 is 5.32 Å². The van der Waals surface area contributed by atoms with Crippen LogP contribution in [0.3, 0.4) is 0 Å². The highest BCUT2D eigenvalue weighted by atomic mass is 16.1. The van der Waals surface area contributed by atoms with Crippen LogP contribution in [0.1, 0.15) is 48.7 Å². The van der Waals surface area contributed by atoms with Gasteiger partial charge in [0.05, 0.1) is 18.2 Å². The molecular formula is C24H26N4O. The Morgan fingerprint density at radius 1 is 1.17 bits per heavy atom. The van der Waals surface area contributed by atoms with E-state index in [0.29, 0.717) is 12.2 Å². The van der Waals surface area contributed by atoms with E-state index in [1.165, 1.54) is 0 Å². The van der Waals surface area contributed by atoms with E-state index < -0.39 is 0 Å². The molecule has 29 heavy (non-hydrogen) atoms. The van der Waals surface area contributed by atoms with Gasteiger partial charge in [0, 0.05) is 29.7 Å². The van der Waals surface area contributed by atoms with Crippen LogP contribution in [0.2, 0.25) is 0 Å². The second-order valence-electron chi connectivity index (χ2n) is 8.60. The number of pyridine rings is 1. The van der Waals surface area contributed by atoms with Gasteiger partial charge in [0.25, 0.3) is 0 Å². The zero-order valence-corrected chi connectivity index (χ0v) is 17.1. The van der Waals surface area contributed by atoms with Gasteiger partial charge < -0.3 is 5.32 Å². The summed E-state index contributed by atoms with van der Waals surface area (Å²) in [4.78, 5) is 26.3. The Morgan fingerprint density at radius 2 is 1.93 bits per heavy atom. The maximum Gasteiger partial charge on any atom is 0.224 e. The summed E-state index contributed by atoms with van der Waals surface area (Å²) in [5, 5.41) is 3.24. The molecule has 0 radical (unpaired) electrons. The number of benzene rings is 1. The standard InChI is InChI=1S/C24H26N4O/c1-16-6-4-5-7-18(16)12-22(29)27-20-13-24(2,3)14-21-19(20)15-26-23(28-21)17-8-10-25-11-9-17/h4-11,15,20H,12-14H2,1-3H3,(H,27,29)/t20-/m0/s1. The Kier molecular flexibility index (Phi) is 5.14. The van der Waals surface area contributed by atoms with Gasteiger partial charge in [0.1, 0.15) is 0 Å². The molecule has 1 amide bonds. The Bertz CT molecular complexity index is 1030. The van der Waals surface area contributed by atoms with Crippen LogP contribution in [-0.2, 0) is 17.6 Å². The van der Waals surface area contributed by atoms with Crippen molar-refractivity contribution in [2.45, 2.75) is 46.1 Å². The van der Waals surface area contributed by atoms with E-state index in [1.807, 2.05) is 49.5 Å². The number of aromatic nitrogens is 3. The maximum absolute atomic E-state index is 12.8. The van der Waals surface area contributed by atoms with Crippen molar-refractivity contribution in [3.05, 3.63) is 77.4 Å². The molecule has 5 nitrogen and oxygen atoms in total. The Labute approximate surface area is 171 Å². The average Bonchev–Trinajstić information content (AvgIpc) is 2.69. The van der Waals surface area contributed by atoms with Gasteiger partial charge in [0.15, 0.2) is 5.82 Å². The first-order valence-electron chi connectivity index (χ1n) is 10.0. The van der Waals surface area contributed by atoms with Crippen LogP contribution in [0.4, 0.5) is 0 Å². The molecule has 1 aliphatic carbocycles. The number of amides is 1. The minimum atomic E-state index is -0.0724. The lowest BCUT2D eigenvalue weighted by molar-refractivity contribution is -0.121. The molecule has 1 aromatic carbocycles. The number of carbonyl (C=O) groups excluding carboxylic acids is 1. The van der Waals surface area contributed by atoms with Crippen molar-refractivity contribution >= 4 is 5.91 Å². The smallest absolute Gasteiger partial charge is 0.224 e. The van der Waals surface area contributed by atoms with Crippen molar-refractivity contribution < 1.29 is 4.79 Å². The first kappa shape index (κ1) is 19.2. The Hall–Kier alpha value is -3.08. The summed E-state index contributed by atoms with van der Waals surface area (Å²) in [6.45, 7) is 6.49. The summed E-state index contributed by atoms with van der Waals surface area (Å²) in [5.74, 6) is 0.736. The fourth-order valence-corrected chi connectivity index (χ4v) is 4.04. The van der Waals surface area contributed by atoms with Crippen molar-refractivity contribution in [2.75, 3.05) is 0 Å². The fraction of sp³-hybridized carbons (Fsp3) is 0.333. The number of hydrogen-bond acceptors (Lipinski definition) is 4. The number of nitrogens with zero attached hydrogens (tertiary/aromatic N) is 3. The molecule has 0 aliphatic heterocycles. The minimum Gasteiger partial charge on any atom is -0.349 e. The molecule has 148 valence electrons. The first-order valence-corrected chi connectivity index (χ1v) is 10.0. The number of fused-ring (bicyclic) bond motifs is 1. The minimum absolute atomic E-state index is 0.0335. The van der Waals surface area contributed by atoms with Gasteiger partial charge in [-0.15, -0.1) is 0 Å². The predicted octanol–water partition coefficient (Wildman–Crippen LogP) is 4.22. The fourth-order valence-electron chi connectivity index (χ4n) is 4.04. The van der Waals surface area contributed by atoms with Crippen molar-refractivity contribution in [1.82, 2.24) is 20.3 Å². The molecule has 2 aromatic heterocycles. The molecule has 0 spiro atoms. The van der Waals surface area contributed by atoms with Crippen molar-refractivity contribution in [1.29, 1.82) is 0 Å². The van der Waals surface area contributed by atoms with E-state index in [0.717, 1.165) is 40.8 Å². The summed E-state index contributed by atoms with van der Waals surface area (Å²) < 4.78 is 0. The zero-order valence-electron chi connectivity index (χ0n) is 17.1. The lowest BCUT2D eigenvalue weighted by atomic mass is 9.74. The predicted molar refractivity (Wildman–Crippen MR) is 113 cm³/mol. The quantitative estimate of drug-likeness (QED) is 0.729. The summed E-state index contributed by atoms with van der Waals surface area (Å²) in [6.07, 6.45) is 7.50. The molecule has 0 saturated heterocycles. The molecule has 1 aliphatic rings. The molecule has 0 fully saturated rings. The lowest BCUT2D eigenvalue weighted by Gasteiger charge is -2.36. The number of rotatable bonds is 4. The SMILES string of the molecule is Cc1ccccc1CC(=O)N[C@H]1CC(C)(C)Cc2nc(-c3ccncc3)ncc21. The molecule has 1 atom stereocenters. The van der Waals surface area contributed by atoms with Crippen LogP contribution in [0.5, 0.6) is 0 Å². The van der Waals surface area contributed by atoms with E-state index in [2.05, 4.69) is 29.1 Å². The van der Waals surface area contributed by atoms with E-state index in [4.69, 9.17) is 4.98 Å². The number of aryl methyl sites for hydroxylation is 1. The van der Waals surface area contributed by atoms with Crippen LogP contribution in [0.25, 0.3) is 11.4 Å². The van der Waals surface area contributed by atoms with Gasteiger partial charge in [-0.05, 0) is 48.4 Å². The lowest BCUT2D eigenvalue weighted by Crippen LogP contribution is -2.38. The molecule has 0 unspecified atom stereocenters. The topological polar surface area (TPSA) is 67.8 Å². The van der Waals surface area contributed by atoms with E-state index in [9.17, 15) is 4.79 Å². The van der Waals surface area contributed by atoms with Crippen LogP contribution >= 0.6 is 0 Å². The largest absolute Gasteiger partial charge is 0.349 e. The highest BCUT2D eigenvalue weighted by Gasteiger charge is 2.34. The van der Waals surface area contributed by atoms with Gasteiger partial charge in [-0.25, -0.2) is 9.97 Å². The molecule has 0 saturated carbocycles. The van der Waals surface area contributed by atoms with Crippen LogP contribution in [0.15, 0.2) is 55.0 Å². The molecular weight excluding hydrogens is 360 g/mol. The molecule has 4 rings (SSSR count). The average molecular weight is 386 g/mol. The van der Waals surface area contributed by atoms with Gasteiger partial charge in [-0.1, -0.05) is 38.1 Å². The summed E-state index contributed by atoms with van der Waals surface area (Å²) in [5.41, 5.74) is 5.25. The van der Waals surface area contributed by atoms with E-state index >= 15 is 0 Å². The second-order valence-corrected chi connectivity index (χ2v) is 8.60. The van der Waals surface area contributed by atoms with Crippen molar-refractivity contribution in [3.8, 4) is 11.4 Å². The molecule has 1 N–H and O–H groups in total. The zero-order chi connectivity index (χ0) is 20.4.